The van der Waals surface area contributed by atoms with Crippen molar-refractivity contribution in [3.8, 4) is 0 Å². The first kappa shape index (κ1) is 13.0. The summed E-state index contributed by atoms with van der Waals surface area (Å²) in [5, 5.41) is 2.76. The minimum atomic E-state index is -0.193. The van der Waals surface area contributed by atoms with Gasteiger partial charge in [-0.25, -0.2) is 9.97 Å². The van der Waals surface area contributed by atoms with Gasteiger partial charge in [-0.05, 0) is 30.7 Å². The molecule has 98 valence electrons. The molecule has 0 aliphatic rings. The molecule has 2 rings (SSSR count). The Kier molecular flexibility index (Phi) is 3.75. The summed E-state index contributed by atoms with van der Waals surface area (Å²) in [6.45, 7) is 1.95. The van der Waals surface area contributed by atoms with Crippen molar-refractivity contribution in [2.45, 2.75) is 6.92 Å². The number of rotatable bonds is 3. The van der Waals surface area contributed by atoms with E-state index in [9.17, 15) is 4.79 Å². The number of carbonyl (C=O) groups excluding carboxylic acids is 1. The molecule has 0 spiro atoms. The van der Waals surface area contributed by atoms with Gasteiger partial charge in [0.2, 0.25) is 0 Å². The van der Waals surface area contributed by atoms with Gasteiger partial charge in [0.1, 0.15) is 11.6 Å². The summed E-state index contributed by atoms with van der Waals surface area (Å²) < 4.78 is 0. The molecule has 1 amide bonds. The van der Waals surface area contributed by atoms with Crippen LogP contribution in [-0.2, 0) is 0 Å². The lowest BCUT2D eigenvalue weighted by Crippen LogP contribution is -2.15. The summed E-state index contributed by atoms with van der Waals surface area (Å²) in [5.41, 5.74) is 1.61. The fourth-order valence-electron chi connectivity index (χ4n) is 1.53. The van der Waals surface area contributed by atoms with Crippen molar-refractivity contribution in [2.24, 2.45) is 0 Å². The van der Waals surface area contributed by atoms with Crippen LogP contribution in [0.4, 0.5) is 11.6 Å². The topological polar surface area (TPSA) is 58.1 Å². The molecule has 0 aliphatic carbocycles. The zero-order valence-electron chi connectivity index (χ0n) is 11.2. The minimum Gasteiger partial charge on any atom is -0.363 e. The maximum atomic E-state index is 12.1. The molecule has 0 fully saturated rings. The zero-order valence-corrected chi connectivity index (χ0v) is 11.2. The van der Waals surface area contributed by atoms with Crippen LogP contribution >= 0.6 is 0 Å². The summed E-state index contributed by atoms with van der Waals surface area (Å²) in [7, 11) is 3.76. The lowest BCUT2D eigenvalue weighted by atomic mass is 10.2. The highest BCUT2D eigenvalue weighted by molar-refractivity contribution is 6.04. The summed E-state index contributed by atoms with van der Waals surface area (Å²) in [6.07, 6.45) is 3.33. The number of amides is 1. The van der Waals surface area contributed by atoms with Gasteiger partial charge in [0.15, 0.2) is 0 Å². The van der Waals surface area contributed by atoms with Crippen molar-refractivity contribution in [1.29, 1.82) is 0 Å². The monoisotopic (exact) mass is 256 g/mol. The number of pyridine rings is 2. The molecular formula is C14H16N4O. The van der Waals surface area contributed by atoms with E-state index in [4.69, 9.17) is 0 Å². The Hall–Kier alpha value is -2.43. The molecule has 2 heterocycles. The van der Waals surface area contributed by atoms with Gasteiger partial charge < -0.3 is 10.2 Å². The second-order valence-electron chi connectivity index (χ2n) is 4.47. The van der Waals surface area contributed by atoms with Gasteiger partial charge >= 0.3 is 0 Å². The highest BCUT2D eigenvalue weighted by Gasteiger charge is 2.08. The van der Waals surface area contributed by atoms with E-state index in [1.165, 1.54) is 0 Å². The number of carbonyl (C=O) groups is 1. The van der Waals surface area contributed by atoms with Gasteiger partial charge in [-0.15, -0.1) is 0 Å². The van der Waals surface area contributed by atoms with Crippen molar-refractivity contribution in [3.63, 3.8) is 0 Å². The Labute approximate surface area is 112 Å². The Bertz CT molecular complexity index is 578. The number of hydrogen-bond donors (Lipinski definition) is 1. The first-order valence-electron chi connectivity index (χ1n) is 5.93. The highest BCUT2D eigenvalue weighted by atomic mass is 16.1. The van der Waals surface area contributed by atoms with E-state index >= 15 is 0 Å². The highest BCUT2D eigenvalue weighted by Crippen LogP contribution is 2.12. The second kappa shape index (κ2) is 5.48. The van der Waals surface area contributed by atoms with E-state index in [0.29, 0.717) is 11.4 Å². The van der Waals surface area contributed by atoms with Crippen LogP contribution in [0.1, 0.15) is 15.9 Å². The molecule has 0 bridgehead atoms. The Balaban J connectivity index is 2.15. The van der Waals surface area contributed by atoms with Gasteiger partial charge in [0.05, 0.1) is 0 Å². The van der Waals surface area contributed by atoms with E-state index in [-0.39, 0.29) is 5.91 Å². The molecule has 2 aromatic rings. The molecular weight excluding hydrogens is 240 g/mol. The molecule has 0 atom stereocenters. The second-order valence-corrected chi connectivity index (χ2v) is 4.47. The number of anilines is 2. The van der Waals surface area contributed by atoms with E-state index in [1.54, 1.807) is 30.6 Å². The number of hydrogen-bond acceptors (Lipinski definition) is 4. The average molecular weight is 256 g/mol. The first-order valence-corrected chi connectivity index (χ1v) is 5.93. The molecule has 1 N–H and O–H groups in total. The van der Waals surface area contributed by atoms with Crippen LogP contribution < -0.4 is 10.2 Å². The van der Waals surface area contributed by atoms with E-state index in [1.807, 2.05) is 32.0 Å². The third kappa shape index (κ3) is 3.28. The predicted molar refractivity (Wildman–Crippen MR) is 75.5 cm³/mol. The van der Waals surface area contributed by atoms with Crippen molar-refractivity contribution >= 4 is 17.5 Å². The summed E-state index contributed by atoms with van der Waals surface area (Å²) >= 11 is 0. The van der Waals surface area contributed by atoms with Crippen LogP contribution in [-0.4, -0.2) is 30.0 Å². The van der Waals surface area contributed by atoms with Crippen LogP contribution in [0, 0.1) is 6.92 Å². The fraction of sp³-hybridized carbons (Fsp3) is 0.214. The van der Waals surface area contributed by atoms with Crippen LogP contribution in [0.2, 0.25) is 0 Å². The summed E-state index contributed by atoms with van der Waals surface area (Å²) in [4.78, 5) is 22.2. The molecule has 0 aliphatic heterocycles. The lowest BCUT2D eigenvalue weighted by molar-refractivity contribution is 0.102. The molecule has 0 radical (unpaired) electrons. The van der Waals surface area contributed by atoms with E-state index in [0.717, 1.165) is 11.4 Å². The third-order valence-electron chi connectivity index (χ3n) is 2.62. The van der Waals surface area contributed by atoms with Crippen LogP contribution in [0.3, 0.4) is 0 Å². The zero-order chi connectivity index (χ0) is 13.8. The van der Waals surface area contributed by atoms with Gasteiger partial charge in [0, 0.05) is 32.1 Å². The van der Waals surface area contributed by atoms with E-state index < -0.39 is 0 Å². The fourth-order valence-corrected chi connectivity index (χ4v) is 1.53. The smallest absolute Gasteiger partial charge is 0.257 e. The molecule has 5 nitrogen and oxygen atoms in total. The Morgan fingerprint density at radius 1 is 1.21 bits per heavy atom. The molecule has 0 saturated carbocycles. The van der Waals surface area contributed by atoms with Crippen molar-refractivity contribution in [3.05, 3.63) is 47.8 Å². The number of nitrogens with one attached hydrogen (secondary N) is 1. The first-order chi connectivity index (χ1) is 9.06. The van der Waals surface area contributed by atoms with Gasteiger partial charge in [-0.1, -0.05) is 6.07 Å². The van der Waals surface area contributed by atoms with Gasteiger partial charge in [-0.3, -0.25) is 4.79 Å². The largest absolute Gasteiger partial charge is 0.363 e. The maximum absolute atomic E-state index is 12.1. The quantitative estimate of drug-likeness (QED) is 0.913. The van der Waals surface area contributed by atoms with E-state index in [2.05, 4.69) is 15.3 Å². The molecule has 0 unspecified atom stereocenters. The predicted octanol–water partition coefficient (Wildman–Crippen LogP) is 2.10. The minimum absolute atomic E-state index is 0.193. The summed E-state index contributed by atoms with van der Waals surface area (Å²) in [6, 6.07) is 7.10. The average Bonchev–Trinajstić information content (AvgIpc) is 2.41. The van der Waals surface area contributed by atoms with Crippen LogP contribution in [0.25, 0.3) is 0 Å². The number of aryl methyl sites for hydroxylation is 1. The number of aromatic nitrogens is 2. The normalized spacial score (nSPS) is 10.1. The van der Waals surface area contributed by atoms with Crippen molar-refractivity contribution < 1.29 is 4.79 Å². The standard InChI is InChI=1S/C14H16N4O/c1-10-4-5-12(16-9-10)17-14(19)11-6-7-15-13(8-11)18(2)3/h4-9H,1-3H3,(H,16,17,19). The SMILES string of the molecule is Cc1ccc(NC(=O)c2ccnc(N(C)C)c2)nc1. The number of nitrogens with zero attached hydrogens (tertiary/aromatic N) is 3. The van der Waals surface area contributed by atoms with Crippen molar-refractivity contribution in [1.82, 2.24) is 9.97 Å². The molecule has 0 aromatic carbocycles. The molecule has 19 heavy (non-hydrogen) atoms. The maximum Gasteiger partial charge on any atom is 0.257 e. The van der Waals surface area contributed by atoms with Crippen LogP contribution in [0.15, 0.2) is 36.7 Å². The van der Waals surface area contributed by atoms with Crippen molar-refractivity contribution in [2.75, 3.05) is 24.3 Å². The van der Waals surface area contributed by atoms with Gasteiger partial charge in [0.25, 0.3) is 5.91 Å². The Morgan fingerprint density at radius 3 is 2.63 bits per heavy atom. The lowest BCUT2D eigenvalue weighted by Gasteiger charge is -2.12. The molecule has 5 heteroatoms. The third-order valence-corrected chi connectivity index (χ3v) is 2.62. The van der Waals surface area contributed by atoms with Gasteiger partial charge in [-0.2, -0.15) is 0 Å². The van der Waals surface area contributed by atoms with Crippen LogP contribution in [0.5, 0.6) is 0 Å². The molecule has 0 saturated heterocycles. The summed E-state index contributed by atoms with van der Waals surface area (Å²) in [5.74, 6) is 1.09. The Morgan fingerprint density at radius 2 is 2.00 bits per heavy atom. The molecule has 2 aromatic heterocycles.